The Morgan fingerprint density at radius 2 is 2.00 bits per heavy atom. The van der Waals surface area contributed by atoms with Gasteiger partial charge in [0, 0.05) is 0 Å². The number of hydrogen-bond acceptors (Lipinski definition) is 6. The predicted molar refractivity (Wildman–Crippen MR) is 70.1 cm³/mol. The van der Waals surface area contributed by atoms with Gasteiger partial charge < -0.3 is 10.5 Å². The highest BCUT2D eigenvalue weighted by Gasteiger charge is 2.21. The summed E-state index contributed by atoms with van der Waals surface area (Å²) in [7, 11) is 1.22. The van der Waals surface area contributed by atoms with Crippen LogP contribution < -0.4 is 5.73 Å². The van der Waals surface area contributed by atoms with Crippen LogP contribution in [0, 0.1) is 10.1 Å². The number of nitro groups is 1. The summed E-state index contributed by atoms with van der Waals surface area (Å²) < 4.78 is 29.2. The minimum atomic E-state index is -3.15. The number of methoxy groups -OCH3 is 1. The van der Waals surface area contributed by atoms with Crippen LogP contribution in [-0.4, -0.2) is 30.6 Å². The normalized spacial score (nSPS) is 12.4. The molecular weight excluding hydrogens is 288 g/mol. The van der Waals surface area contributed by atoms with Crippen molar-refractivity contribution in [2.45, 2.75) is 6.43 Å². The van der Waals surface area contributed by atoms with Gasteiger partial charge in [0.1, 0.15) is 6.21 Å². The summed E-state index contributed by atoms with van der Waals surface area (Å²) in [6.45, 7) is 0. The molecule has 0 aromatic heterocycles. The Labute approximate surface area is 117 Å². The monoisotopic (exact) mass is 299 g/mol. The van der Waals surface area contributed by atoms with Crippen molar-refractivity contribution >= 4 is 17.9 Å². The molecule has 21 heavy (non-hydrogen) atoms. The second kappa shape index (κ2) is 7.08. The summed E-state index contributed by atoms with van der Waals surface area (Å²) in [6, 6.07) is 5.51. The lowest BCUT2D eigenvalue weighted by Gasteiger charge is -2.00. The molecule has 2 N–H and O–H groups in total. The number of aliphatic imine (C=N–C) groups is 1. The van der Waals surface area contributed by atoms with Gasteiger partial charge >= 0.3 is 11.7 Å². The molecule has 0 atom stereocenters. The van der Waals surface area contributed by atoms with Crippen molar-refractivity contribution < 1.29 is 23.2 Å². The van der Waals surface area contributed by atoms with E-state index in [1.807, 2.05) is 0 Å². The third kappa shape index (κ3) is 4.34. The summed E-state index contributed by atoms with van der Waals surface area (Å²) >= 11 is 0. The first kappa shape index (κ1) is 16.2. The van der Waals surface area contributed by atoms with E-state index in [0.29, 0.717) is 6.21 Å². The van der Waals surface area contributed by atoms with Crippen molar-refractivity contribution in [2.24, 2.45) is 10.7 Å². The van der Waals surface area contributed by atoms with E-state index in [2.05, 4.69) is 9.73 Å². The Hall–Kier alpha value is -2.84. The van der Waals surface area contributed by atoms with E-state index in [0.717, 1.165) is 0 Å². The van der Waals surface area contributed by atoms with Gasteiger partial charge in [-0.05, 0) is 24.3 Å². The van der Waals surface area contributed by atoms with Gasteiger partial charge in [0.15, 0.2) is 5.70 Å². The molecule has 0 unspecified atom stereocenters. The topological polar surface area (TPSA) is 108 Å². The summed E-state index contributed by atoms with van der Waals surface area (Å²) in [5, 5.41) is 10.6. The molecule has 9 heteroatoms. The molecule has 0 amide bonds. The lowest BCUT2D eigenvalue weighted by molar-refractivity contribution is -0.416. The SMILES string of the molecule is COC(=O)c1ccc(N=CC(=C(N)C(F)F)[N+](=O)[O-])cc1. The number of rotatable bonds is 5. The Morgan fingerprint density at radius 3 is 2.43 bits per heavy atom. The zero-order valence-electron chi connectivity index (χ0n) is 10.8. The molecule has 112 valence electrons. The number of nitrogens with two attached hydrogens (primary N) is 1. The van der Waals surface area contributed by atoms with Gasteiger partial charge in [0.05, 0.1) is 23.3 Å². The highest BCUT2D eigenvalue weighted by molar-refractivity contribution is 5.89. The quantitative estimate of drug-likeness (QED) is 0.386. The zero-order chi connectivity index (χ0) is 16.0. The van der Waals surface area contributed by atoms with Gasteiger partial charge in [0.25, 0.3) is 6.43 Å². The highest BCUT2D eigenvalue weighted by atomic mass is 19.3. The smallest absolute Gasteiger partial charge is 0.337 e. The number of alkyl halides is 2. The molecule has 0 saturated heterocycles. The molecule has 0 spiro atoms. The van der Waals surface area contributed by atoms with Crippen LogP contribution in [0.3, 0.4) is 0 Å². The fourth-order valence-corrected chi connectivity index (χ4v) is 1.28. The van der Waals surface area contributed by atoms with Crippen molar-refractivity contribution in [3.63, 3.8) is 0 Å². The Bertz CT molecular complexity index is 597. The first-order valence-electron chi connectivity index (χ1n) is 5.51. The largest absolute Gasteiger partial charge is 0.465 e. The van der Waals surface area contributed by atoms with Crippen LogP contribution in [0.5, 0.6) is 0 Å². The van der Waals surface area contributed by atoms with Crippen LogP contribution >= 0.6 is 0 Å². The molecule has 1 aromatic carbocycles. The zero-order valence-corrected chi connectivity index (χ0v) is 10.8. The number of halogens is 2. The molecule has 0 bridgehead atoms. The van der Waals surface area contributed by atoms with Gasteiger partial charge in [-0.1, -0.05) is 0 Å². The Morgan fingerprint density at radius 1 is 1.43 bits per heavy atom. The summed E-state index contributed by atoms with van der Waals surface area (Å²) in [4.78, 5) is 24.4. The molecule has 0 heterocycles. The van der Waals surface area contributed by atoms with E-state index in [4.69, 9.17) is 5.73 Å². The van der Waals surface area contributed by atoms with E-state index >= 15 is 0 Å². The third-order valence-electron chi connectivity index (χ3n) is 2.35. The molecule has 1 aromatic rings. The summed E-state index contributed by atoms with van der Waals surface area (Å²) in [5.74, 6) is -0.557. The molecule has 0 saturated carbocycles. The number of carbonyl (C=O) groups is 1. The lowest BCUT2D eigenvalue weighted by Crippen LogP contribution is -2.16. The predicted octanol–water partition coefficient (Wildman–Crippen LogP) is 1.89. The first-order valence-corrected chi connectivity index (χ1v) is 5.51. The van der Waals surface area contributed by atoms with Gasteiger partial charge in [-0.25, -0.2) is 18.6 Å². The standard InChI is InChI=1S/C12H11F2N3O4/c1-21-12(18)7-2-4-8(5-3-7)16-6-9(17(19)20)10(15)11(13)14/h2-6,11H,15H2,1H3. The Balaban J connectivity index is 3.01. The second-order valence-electron chi connectivity index (χ2n) is 3.70. The molecule has 7 nitrogen and oxygen atoms in total. The first-order chi connectivity index (χ1) is 9.86. The Kier molecular flexibility index (Phi) is 5.47. The van der Waals surface area contributed by atoms with Gasteiger partial charge in [-0.2, -0.15) is 0 Å². The molecule has 0 fully saturated rings. The van der Waals surface area contributed by atoms with Crippen LogP contribution in [0.15, 0.2) is 40.7 Å². The van der Waals surface area contributed by atoms with Crippen LogP contribution in [0.4, 0.5) is 14.5 Å². The summed E-state index contributed by atoms with van der Waals surface area (Å²) in [5.41, 5.74) is 3.27. The molecule has 0 aliphatic carbocycles. The molecule has 0 radical (unpaired) electrons. The maximum absolute atomic E-state index is 12.3. The van der Waals surface area contributed by atoms with Crippen LogP contribution in [0.2, 0.25) is 0 Å². The fraction of sp³-hybridized carbons (Fsp3) is 0.167. The molecular formula is C12H11F2N3O4. The number of allylic oxidation sites excluding steroid dienone is 2. The third-order valence-corrected chi connectivity index (χ3v) is 2.35. The van der Waals surface area contributed by atoms with E-state index in [1.54, 1.807) is 0 Å². The van der Waals surface area contributed by atoms with Crippen molar-refractivity contribution in [2.75, 3.05) is 7.11 Å². The number of carbonyl (C=O) groups excluding carboxylic acids is 1. The molecule has 0 aliphatic heterocycles. The van der Waals surface area contributed by atoms with Gasteiger partial charge in [-0.3, -0.25) is 10.1 Å². The average Bonchev–Trinajstić information content (AvgIpc) is 2.46. The maximum atomic E-state index is 12.3. The maximum Gasteiger partial charge on any atom is 0.337 e. The number of esters is 1. The van der Waals surface area contributed by atoms with Crippen LogP contribution in [0.25, 0.3) is 0 Å². The number of benzene rings is 1. The van der Waals surface area contributed by atoms with E-state index in [1.165, 1.54) is 31.4 Å². The van der Waals surface area contributed by atoms with Crippen molar-refractivity contribution in [3.8, 4) is 0 Å². The number of ether oxygens (including phenoxy) is 1. The van der Waals surface area contributed by atoms with Crippen LogP contribution in [0.1, 0.15) is 10.4 Å². The van der Waals surface area contributed by atoms with E-state index in [9.17, 15) is 23.7 Å². The lowest BCUT2D eigenvalue weighted by atomic mass is 10.2. The van der Waals surface area contributed by atoms with Crippen molar-refractivity contribution in [1.29, 1.82) is 0 Å². The minimum Gasteiger partial charge on any atom is -0.465 e. The van der Waals surface area contributed by atoms with E-state index in [-0.39, 0.29) is 11.3 Å². The number of hydrogen-bond donors (Lipinski definition) is 1. The molecule has 1 rings (SSSR count). The van der Waals surface area contributed by atoms with E-state index < -0.39 is 28.7 Å². The highest BCUT2D eigenvalue weighted by Crippen LogP contribution is 2.15. The fourth-order valence-electron chi connectivity index (χ4n) is 1.28. The number of nitrogens with zero attached hydrogens (tertiary/aromatic N) is 2. The van der Waals surface area contributed by atoms with Gasteiger partial charge in [0.2, 0.25) is 0 Å². The van der Waals surface area contributed by atoms with Gasteiger partial charge in [-0.15, -0.1) is 0 Å². The average molecular weight is 299 g/mol. The second-order valence-corrected chi connectivity index (χ2v) is 3.70. The van der Waals surface area contributed by atoms with Crippen molar-refractivity contribution in [3.05, 3.63) is 51.3 Å². The molecule has 0 aliphatic rings. The van der Waals surface area contributed by atoms with Crippen molar-refractivity contribution in [1.82, 2.24) is 0 Å². The van der Waals surface area contributed by atoms with Crippen LogP contribution in [-0.2, 0) is 4.74 Å². The summed E-state index contributed by atoms with van der Waals surface area (Å²) in [6.07, 6.45) is -2.52. The minimum absolute atomic E-state index is 0.226.